The van der Waals surface area contributed by atoms with Crippen molar-refractivity contribution >= 4 is 17.5 Å². The van der Waals surface area contributed by atoms with E-state index in [9.17, 15) is 9.59 Å². The fourth-order valence-corrected chi connectivity index (χ4v) is 3.25. The summed E-state index contributed by atoms with van der Waals surface area (Å²) in [6.45, 7) is 11.4. The molecule has 1 aliphatic heterocycles. The van der Waals surface area contributed by atoms with Gasteiger partial charge in [-0.05, 0) is 52.7 Å². The Hall–Kier alpha value is -1.88. The molecule has 1 aromatic rings. The molecule has 0 spiro atoms. The number of fused-ring (bicyclic) bond motifs is 1. The second-order valence-electron chi connectivity index (χ2n) is 7.70. The molecule has 24 heavy (non-hydrogen) atoms. The summed E-state index contributed by atoms with van der Waals surface area (Å²) >= 11 is 0. The van der Waals surface area contributed by atoms with Crippen LogP contribution in [-0.4, -0.2) is 43.0 Å². The Morgan fingerprint density at radius 1 is 1.25 bits per heavy atom. The normalized spacial score (nSPS) is 18.2. The minimum absolute atomic E-state index is 0.0120. The highest BCUT2D eigenvalue weighted by molar-refractivity contribution is 5.96. The fraction of sp³-hybridized carbons (Fsp3) is 0.579. The summed E-state index contributed by atoms with van der Waals surface area (Å²) in [5.74, 6) is 0.0786. The lowest BCUT2D eigenvalue weighted by Gasteiger charge is -2.26. The van der Waals surface area contributed by atoms with E-state index in [-0.39, 0.29) is 23.4 Å². The van der Waals surface area contributed by atoms with Gasteiger partial charge in [0, 0.05) is 17.3 Å². The van der Waals surface area contributed by atoms with Gasteiger partial charge in [-0.3, -0.25) is 9.59 Å². The highest BCUT2D eigenvalue weighted by Crippen LogP contribution is 2.31. The van der Waals surface area contributed by atoms with Gasteiger partial charge in [0.25, 0.3) is 11.8 Å². The summed E-state index contributed by atoms with van der Waals surface area (Å²) in [4.78, 5) is 27.8. The van der Waals surface area contributed by atoms with Crippen LogP contribution in [-0.2, 0) is 16.0 Å². The number of hydrogen-bond donors (Lipinski definition) is 2. The molecule has 0 saturated carbocycles. The maximum absolute atomic E-state index is 12.8. The first-order chi connectivity index (χ1) is 11.2. The average molecular weight is 332 g/mol. The Kier molecular flexibility index (Phi) is 5.65. The van der Waals surface area contributed by atoms with Crippen LogP contribution in [0.5, 0.6) is 0 Å². The van der Waals surface area contributed by atoms with Gasteiger partial charge in [0.05, 0.1) is 6.54 Å². The molecule has 132 valence electrons. The molecule has 0 radical (unpaired) electrons. The predicted molar refractivity (Wildman–Crippen MR) is 96.2 cm³/mol. The number of nitrogens with one attached hydrogen (secondary N) is 2. The Balaban J connectivity index is 2.01. The van der Waals surface area contributed by atoms with Crippen molar-refractivity contribution in [2.45, 2.75) is 52.6 Å². The Morgan fingerprint density at radius 3 is 2.54 bits per heavy atom. The van der Waals surface area contributed by atoms with E-state index in [0.29, 0.717) is 13.1 Å². The average Bonchev–Trinajstić information content (AvgIpc) is 2.80. The van der Waals surface area contributed by atoms with Crippen LogP contribution in [0.1, 0.15) is 40.2 Å². The first-order valence-electron chi connectivity index (χ1n) is 8.76. The van der Waals surface area contributed by atoms with Crippen LogP contribution in [0, 0.1) is 0 Å². The number of likely N-dealkylation sites (N-methyl/N-ethyl adjacent to an activating group) is 1. The molecule has 5 nitrogen and oxygen atoms in total. The number of benzene rings is 1. The molecule has 0 bridgehead atoms. The van der Waals surface area contributed by atoms with E-state index >= 15 is 0 Å². The van der Waals surface area contributed by atoms with Crippen LogP contribution in [0.25, 0.3) is 0 Å². The van der Waals surface area contributed by atoms with Gasteiger partial charge in [-0.1, -0.05) is 18.2 Å². The van der Waals surface area contributed by atoms with Crippen molar-refractivity contribution < 1.29 is 14.5 Å². The number of carbonyl (C=O) groups is 2. The number of nitrogens with zero attached hydrogens (tertiary/aromatic N) is 1. The maximum atomic E-state index is 12.8. The molecule has 1 aromatic carbocycles. The lowest BCUT2D eigenvalue weighted by Crippen LogP contribution is -3.14. The quantitative estimate of drug-likeness (QED) is 0.837. The smallest absolute Gasteiger partial charge is 0.282 e. The summed E-state index contributed by atoms with van der Waals surface area (Å²) in [5, 5.41) is 2.97. The lowest BCUT2D eigenvalue weighted by molar-refractivity contribution is -0.881. The van der Waals surface area contributed by atoms with Crippen LogP contribution in [0.15, 0.2) is 24.3 Å². The third-order valence-corrected chi connectivity index (χ3v) is 4.30. The summed E-state index contributed by atoms with van der Waals surface area (Å²) in [7, 11) is 0. The second-order valence-corrected chi connectivity index (χ2v) is 7.70. The number of rotatable bonds is 5. The van der Waals surface area contributed by atoms with Crippen LogP contribution >= 0.6 is 0 Å². The fourth-order valence-electron chi connectivity index (χ4n) is 3.25. The Morgan fingerprint density at radius 2 is 1.92 bits per heavy atom. The molecule has 2 amide bonds. The third-order valence-electron chi connectivity index (χ3n) is 4.30. The zero-order valence-electron chi connectivity index (χ0n) is 15.5. The predicted octanol–water partition coefficient (Wildman–Crippen LogP) is 0.784. The number of carbonyl (C=O) groups excluding carboxylic acids is 2. The summed E-state index contributed by atoms with van der Waals surface area (Å²) in [6, 6.07) is 8.25. The van der Waals surface area contributed by atoms with Gasteiger partial charge in [-0.2, -0.15) is 0 Å². The van der Waals surface area contributed by atoms with Crippen molar-refractivity contribution in [1.82, 2.24) is 5.32 Å². The van der Waals surface area contributed by atoms with E-state index in [2.05, 4.69) is 18.3 Å². The Labute approximate surface area is 145 Å². The van der Waals surface area contributed by atoms with E-state index in [0.717, 1.165) is 23.6 Å². The number of hydrogen-bond acceptors (Lipinski definition) is 2. The molecule has 1 unspecified atom stereocenters. The van der Waals surface area contributed by atoms with Crippen molar-refractivity contribution in [1.29, 1.82) is 0 Å². The van der Waals surface area contributed by atoms with Gasteiger partial charge in [0.1, 0.15) is 0 Å². The molecule has 2 rings (SSSR count). The van der Waals surface area contributed by atoms with E-state index in [1.165, 1.54) is 5.56 Å². The zero-order chi connectivity index (χ0) is 17.9. The highest BCUT2D eigenvalue weighted by Gasteiger charge is 2.32. The summed E-state index contributed by atoms with van der Waals surface area (Å²) in [5.41, 5.74) is 1.99. The molecule has 0 saturated heterocycles. The van der Waals surface area contributed by atoms with Crippen molar-refractivity contribution in [2.75, 3.05) is 24.5 Å². The lowest BCUT2D eigenvalue weighted by atomic mass is 10.1. The van der Waals surface area contributed by atoms with Gasteiger partial charge < -0.3 is 15.1 Å². The van der Waals surface area contributed by atoms with Crippen LogP contribution in [0.2, 0.25) is 0 Å². The van der Waals surface area contributed by atoms with Crippen LogP contribution < -0.4 is 15.1 Å². The first kappa shape index (κ1) is 18.5. The zero-order valence-corrected chi connectivity index (χ0v) is 15.5. The summed E-state index contributed by atoms with van der Waals surface area (Å²) in [6.07, 6.45) is 0.897. The molecule has 2 atom stereocenters. The second kappa shape index (κ2) is 7.34. The number of amides is 2. The van der Waals surface area contributed by atoms with Gasteiger partial charge in [0.15, 0.2) is 13.1 Å². The minimum Gasteiger partial charge on any atom is -0.347 e. The van der Waals surface area contributed by atoms with Gasteiger partial charge in [0.2, 0.25) is 0 Å². The SMILES string of the molecule is CC[NH+](CC(=O)NC(C)(C)C)CC(=O)N1c2ccccc2C[C@@H]1C. The molecule has 1 aliphatic rings. The first-order valence-corrected chi connectivity index (χ1v) is 8.76. The van der Waals surface area contributed by atoms with Gasteiger partial charge in [-0.15, -0.1) is 0 Å². The maximum Gasteiger partial charge on any atom is 0.282 e. The third kappa shape index (κ3) is 4.57. The monoisotopic (exact) mass is 332 g/mol. The molecule has 5 heteroatoms. The van der Waals surface area contributed by atoms with Crippen LogP contribution in [0.4, 0.5) is 5.69 Å². The van der Waals surface area contributed by atoms with E-state index in [1.807, 2.05) is 50.8 Å². The van der Waals surface area contributed by atoms with E-state index in [4.69, 9.17) is 0 Å². The molecular weight excluding hydrogens is 302 g/mol. The molecule has 1 heterocycles. The van der Waals surface area contributed by atoms with Crippen LogP contribution in [0.3, 0.4) is 0 Å². The van der Waals surface area contributed by atoms with E-state index in [1.54, 1.807) is 0 Å². The van der Waals surface area contributed by atoms with Crippen molar-refractivity contribution in [3.63, 3.8) is 0 Å². The largest absolute Gasteiger partial charge is 0.347 e. The topological polar surface area (TPSA) is 53.9 Å². The van der Waals surface area contributed by atoms with E-state index < -0.39 is 0 Å². The van der Waals surface area contributed by atoms with Gasteiger partial charge in [-0.25, -0.2) is 0 Å². The molecule has 0 aromatic heterocycles. The number of anilines is 1. The molecule has 0 aliphatic carbocycles. The van der Waals surface area contributed by atoms with Crippen molar-refractivity contribution in [2.24, 2.45) is 0 Å². The van der Waals surface area contributed by atoms with Gasteiger partial charge >= 0.3 is 0 Å². The number of quaternary nitrogens is 1. The molecule has 0 fully saturated rings. The van der Waals surface area contributed by atoms with Crippen molar-refractivity contribution in [3.05, 3.63) is 29.8 Å². The minimum atomic E-state index is -0.248. The number of para-hydroxylation sites is 1. The Bertz CT molecular complexity index is 607. The standard InChI is InChI=1S/C19H29N3O2/c1-6-21(12-17(23)20-19(3,4)5)13-18(24)22-14(2)11-15-9-7-8-10-16(15)22/h7-10,14H,6,11-13H2,1-5H3,(H,20,23)/p+1/t14-/m0/s1. The molecular formula is C19H30N3O2+. The summed E-state index contributed by atoms with van der Waals surface area (Å²) < 4.78 is 0. The van der Waals surface area contributed by atoms with Crippen molar-refractivity contribution in [3.8, 4) is 0 Å². The highest BCUT2D eigenvalue weighted by atomic mass is 16.2. The molecule has 2 N–H and O–H groups in total.